The summed E-state index contributed by atoms with van der Waals surface area (Å²) >= 11 is 0. The average Bonchev–Trinajstić information content (AvgIpc) is 2.63. The largest absolute Gasteiger partial charge is 0.343 e. The van der Waals surface area contributed by atoms with E-state index >= 15 is 0 Å². The first-order valence-electron chi connectivity index (χ1n) is 9.09. The smallest absolute Gasteiger partial charge is 0.276 e. The summed E-state index contributed by atoms with van der Waals surface area (Å²) in [5, 5.41) is 11.0. The van der Waals surface area contributed by atoms with Crippen molar-refractivity contribution >= 4 is 17.7 Å². The molecule has 1 aliphatic rings. The van der Waals surface area contributed by atoms with Gasteiger partial charge in [0.05, 0.1) is 36.0 Å². The van der Waals surface area contributed by atoms with Gasteiger partial charge in [-0.05, 0) is 44.9 Å². The summed E-state index contributed by atoms with van der Waals surface area (Å²) in [5.41, 5.74) is 0.752. The molecule has 0 aliphatic carbocycles. The molecule has 1 unspecified atom stereocenters. The number of carbonyl (C=O) groups is 1. The minimum absolute atomic E-state index is 0.100. The predicted octanol–water partition coefficient (Wildman–Crippen LogP) is 1.77. The summed E-state index contributed by atoms with van der Waals surface area (Å²) in [6, 6.07) is 6.76. The zero-order chi connectivity index (χ0) is 18.2. The van der Waals surface area contributed by atoms with E-state index in [-0.39, 0.29) is 22.4 Å². The minimum atomic E-state index is -0.355. The molecule has 1 saturated heterocycles. The molecule has 0 spiro atoms. The van der Waals surface area contributed by atoms with Crippen LogP contribution in [-0.2, 0) is 4.79 Å². The van der Waals surface area contributed by atoms with Crippen LogP contribution in [0.2, 0.25) is 0 Å². The van der Waals surface area contributed by atoms with Crippen LogP contribution in [0.5, 0.6) is 0 Å². The summed E-state index contributed by atoms with van der Waals surface area (Å²) in [7, 11) is 0. The molecule has 1 aromatic rings. The Kier molecular flexibility index (Phi) is 7.13. The number of nitro groups is 1. The SMILES string of the molecule is CCN(CC)C(=O)[C@@H]1CCC[NH+](C/C=C/c2ccccc2[N+](=O)[O-])C1. The Morgan fingerprint density at radius 2 is 2.08 bits per heavy atom. The predicted molar refractivity (Wildman–Crippen MR) is 98.3 cm³/mol. The van der Waals surface area contributed by atoms with E-state index in [0.29, 0.717) is 5.56 Å². The molecule has 2 atom stereocenters. The molecule has 2 rings (SSSR count). The van der Waals surface area contributed by atoms with Gasteiger partial charge in [0.15, 0.2) is 0 Å². The maximum absolute atomic E-state index is 12.5. The maximum Gasteiger partial charge on any atom is 0.276 e. The van der Waals surface area contributed by atoms with Gasteiger partial charge in [0.1, 0.15) is 0 Å². The lowest BCUT2D eigenvalue weighted by Gasteiger charge is -2.31. The number of carbonyl (C=O) groups excluding carboxylic acids is 1. The number of nitrogens with zero attached hydrogens (tertiary/aromatic N) is 2. The van der Waals surface area contributed by atoms with Gasteiger partial charge in [0.25, 0.3) is 5.69 Å². The fourth-order valence-corrected chi connectivity index (χ4v) is 3.49. The van der Waals surface area contributed by atoms with Gasteiger partial charge in [-0.25, -0.2) is 0 Å². The van der Waals surface area contributed by atoms with Crippen molar-refractivity contribution in [2.75, 3.05) is 32.7 Å². The number of para-hydroxylation sites is 1. The number of hydrogen-bond donors (Lipinski definition) is 1. The normalized spacial score (nSPS) is 20.6. The van der Waals surface area contributed by atoms with Crippen LogP contribution < -0.4 is 4.90 Å². The van der Waals surface area contributed by atoms with Gasteiger partial charge < -0.3 is 9.80 Å². The lowest BCUT2D eigenvalue weighted by molar-refractivity contribution is -0.901. The Hall–Kier alpha value is -2.21. The molecule has 0 aromatic heterocycles. The second kappa shape index (κ2) is 9.32. The highest BCUT2D eigenvalue weighted by Gasteiger charge is 2.30. The summed E-state index contributed by atoms with van der Waals surface area (Å²) < 4.78 is 0. The van der Waals surface area contributed by atoms with Gasteiger partial charge in [-0.3, -0.25) is 14.9 Å². The molecule has 1 N–H and O–H groups in total. The van der Waals surface area contributed by atoms with Crippen molar-refractivity contribution < 1.29 is 14.6 Å². The van der Waals surface area contributed by atoms with Crippen LogP contribution in [0.3, 0.4) is 0 Å². The number of likely N-dealkylation sites (tertiary alicyclic amines) is 1. The second-order valence-electron chi connectivity index (χ2n) is 6.48. The Balaban J connectivity index is 1.95. The maximum atomic E-state index is 12.5. The molecule has 25 heavy (non-hydrogen) atoms. The van der Waals surface area contributed by atoms with Crippen LogP contribution in [0.4, 0.5) is 5.69 Å². The molecule has 1 aliphatic heterocycles. The topological polar surface area (TPSA) is 67.9 Å². The number of amides is 1. The van der Waals surface area contributed by atoms with E-state index in [1.54, 1.807) is 18.2 Å². The van der Waals surface area contributed by atoms with Crippen molar-refractivity contribution in [1.82, 2.24) is 4.90 Å². The van der Waals surface area contributed by atoms with Crippen molar-refractivity contribution in [3.63, 3.8) is 0 Å². The third-order valence-electron chi connectivity index (χ3n) is 4.88. The van der Waals surface area contributed by atoms with Crippen LogP contribution in [0.1, 0.15) is 32.3 Å². The summed E-state index contributed by atoms with van der Waals surface area (Å²) in [4.78, 5) is 26.5. The molecule has 6 nitrogen and oxygen atoms in total. The van der Waals surface area contributed by atoms with Crippen molar-refractivity contribution in [2.24, 2.45) is 5.92 Å². The fourth-order valence-electron chi connectivity index (χ4n) is 3.49. The molecular formula is C19H28N3O3+. The van der Waals surface area contributed by atoms with E-state index in [1.165, 1.54) is 11.0 Å². The van der Waals surface area contributed by atoms with Crippen LogP contribution in [0.25, 0.3) is 6.08 Å². The summed E-state index contributed by atoms with van der Waals surface area (Å²) in [5.74, 6) is 0.369. The standard InChI is InChI=1S/C19H27N3O3/c1-3-21(4-2)19(23)17-11-8-14-20(15-17)13-7-10-16-9-5-6-12-18(16)22(24)25/h5-7,9-10,12,17H,3-4,8,11,13-15H2,1-2H3/p+1/b10-7+/t17-/m1/s1. The molecule has 1 heterocycles. The molecule has 1 fully saturated rings. The zero-order valence-electron chi connectivity index (χ0n) is 15.1. The molecule has 0 bridgehead atoms. The van der Waals surface area contributed by atoms with Gasteiger partial charge in [-0.15, -0.1) is 0 Å². The highest BCUT2D eigenvalue weighted by molar-refractivity contribution is 5.78. The van der Waals surface area contributed by atoms with Gasteiger partial charge >= 0.3 is 0 Å². The number of quaternary nitrogens is 1. The van der Waals surface area contributed by atoms with Crippen molar-refractivity contribution in [3.05, 3.63) is 46.0 Å². The Bertz CT molecular complexity index is 626. The van der Waals surface area contributed by atoms with E-state index < -0.39 is 0 Å². The minimum Gasteiger partial charge on any atom is -0.343 e. The summed E-state index contributed by atoms with van der Waals surface area (Å²) in [6.45, 7) is 8.24. The number of benzene rings is 1. The molecule has 1 amide bonds. The van der Waals surface area contributed by atoms with E-state index in [1.807, 2.05) is 30.9 Å². The van der Waals surface area contributed by atoms with Gasteiger partial charge in [0.2, 0.25) is 5.91 Å². The summed E-state index contributed by atoms with van der Waals surface area (Å²) in [6.07, 6.45) is 5.82. The van der Waals surface area contributed by atoms with Crippen LogP contribution in [-0.4, -0.2) is 48.5 Å². The van der Waals surface area contributed by atoms with Crippen molar-refractivity contribution in [3.8, 4) is 0 Å². The molecule has 6 heteroatoms. The first-order valence-corrected chi connectivity index (χ1v) is 9.09. The van der Waals surface area contributed by atoms with Gasteiger partial charge in [-0.2, -0.15) is 0 Å². The van der Waals surface area contributed by atoms with E-state index in [4.69, 9.17) is 0 Å². The Morgan fingerprint density at radius 3 is 2.76 bits per heavy atom. The third-order valence-corrected chi connectivity index (χ3v) is 4.88. The first kappa shape index (κ1) is 19.1. The van der Waals surface area contributed by atoms with E-state index in [9.17, 15) is 14.9 Å². The van der Waals surface area contributed by atoms with Crippen molar-refractivity contribution in [1.29, 1.82) is 0 Å². The molecular weight excluding hydrogens is 318 g/mol. The van der Waals surface area contributed by atoms with Crippen LogP contribution >= 0.6 is 0 Å². The molecule has 0 saturated carbocycles. The van der Waals surface area contributed by atoms with Gasteiger partial charge in [-0.1, -0.05) is 12.1 Å². The van der Waals surface area contributed by atoms with E-state index in [0.717, 1.165) is 45.6 Å². The van der Waals surface area contributed by atoms with Crippen LogP contribution in [0.15, 0.2) is 30.3 Å². The zero-order valence-corrected chi connectivity index (χ0v) is 15.1. The average molecular weight is 346 g/mol. The number of nitro benzene ring substituents is 1. The van der Waals surface area contributed by atoms with Gasteiger partial charge in [0, 0.05) is 19.2 Å². The number of rotatable bonds is 7. The number of piperidine rings is 1. The van der Waals surface area contributed by atoms with E-state index in [2.05, 4.69) is 0 Å². The van der Waals surface area contributed by atoms with Crippen molar-refractivity contribution in [2.45, 2.75) is 26.7 Å². The lowest BCUT2D eigenvalue weighted by Crippen LogP contribution is -3.13. The first-order chi connectivity index (χ1) is 12.1. The molecule has 136 valence electrons. The number of nitrogens with one attached hydrogen (secondary N) is 1. The second-order valence-corrected chi connectivity index (χ2v) is 6.48. The Labute approximate surface area is 149 Å². The molecule has 1 aromatic carbocycles. The highest BCUT2D eigenvalue weighted by atomic mass is 16.6. The third kappa shape index (κ3) is 5.13. The highest BCUT2D eigenvalue weighted by Crippen LogP contribution is 2.18. The quantitative estimate of drug-likeness (QED) is 0.604. The Morgan fingerprint density at radius 1 is 1.36 bits per heavy atom. The lowest BCUT2D eigenvalue weighted by atomic mass is 9.96. The number of hydrogen-bond acceptors (Lipinski definition) is 3. The fraction of sp³-hybridized carbons (Fsp3) is 0.526. The monoisotopic (exact) mass is 346 g/mol. The van der Waals surface area contributed by atoms with Crippen LogP contribution in [0, 0.1) is 16.0 Å². The molecule has 0 radical (unpaired) electrons.